The minimum atomic E-state index is -1.10. The first-order valence-corrected chi connectivity index (χ1v) is 7.81. The van der Waals surface area contributed by atoms with Gasteiger partial charge in [-0.3, -0.25) is 4.79 Å². The van der Waals surface area contributed by atoms with Gasteiger partial charge in [-0.1, -0.05) is 0 Å². The molecule has 2 saturated carbocycles. The van der Waals surface area contributed by atoms with Gasteiger partial charge in [0.25, 0.3) is 0 Å². The fraction of sp³-hybridized carbons (Fsp3) is 0.588. The van der Waals surface area contributed by atoms with Crippen LogP contribution in [0.25, 0.3) is 0 Å². The van der Waals surface area contributed by atoms with Crippen molar-refractivity contribution in [1.29, 1.82) is 0 Å². The number of Topliss-reactive ketones (excluding diaryl/α,β-unsaturated/α-hetero) is 1. The molecule has 2 fully saturated rings. The maximum atomic E-state index is 12.0. The molecule has 0 aliphatic heterocycles. The average molecular weight is 288 g/mol. The van der Waals surface area contributed by atoms with Gasteiger partial charge >= 0.3 is 0 Å². The van der Waals surface area contributed by atoms with E-state index in [4.69, 9.17) is 0 Å². The minimum Gasteiger partial charge on any atom is -0.504 e. The Bertz CT molecular complexity index is 623. The van der Waals surface area contributed by atoms with Crippen LogP contribution >= 0.6 is 0 Å². The van der Waals surface area contributed by atoms with Gasteiger partial charge < -0.3 is 15.3 Å². The Hall–Kier alpha value is -1.55. The first-order chi connectivity index (χ1) is 10.0. The quantitative estimate of drug-likeness (QED) is 0.640. The van der Waals surface area contributed by atoms with Gasteiger partial charge in [-0.2, -0.15) is 0 Å². The summed E-state index contributed by atoms with van der Waals surface area (Å²) >= 11 is 0. The number of rotatable bonds is 0. The van der Waals surface area contributed by atoms with Crippen LogP contribution in [0.4, 0.5) is 0 Å². The van der Waals surface area contributed by atoms with Crippen molar-refractivity contribution in [3.05, 3.63) is 23.3 Å². The van der Waals surface area contributed by atoms with E-state index in [9.17, 15) is 20.1 Å². The summed E-state index contributed by atoms with van der Waals surface area (Å²) in [5.41, 5.74) is 1.10. The van der Waals surface area contributed by atoms with Crippen molar-refractivity contribution in [2.45, 2.75) is 50.0 Å². The number of hydrogen-bond donors (Lipinski definition) is 3. The summed E-state index contributed by atoms with van der Waals surface area (Å²) in [6.45, 7) is 0. The fourth-order valence-electron chi connectivity index (χ4n) is 5.02. The zero-order chi connectivity index (χ0) is 14.8. The van der Waals surface area contributed by atoms with Crippen LogP contribution in [-0.4, -0.2) is 26.7 Å². The van der Waals surface area contributed by atoms with Crippen molar-refractivity contribution < 1.29 is 20.1 Å². The van der Waals surface area contributed by atoms with Crippen LogP contribution in [0.1, 0.15) is 49.1 Å². The van der Waals surface area contributed by atoms with Gasteiger partial charge in [0.1, 0.15) is 5.60 Å². The Kier molecular flexibility index (Phi) is 2.65. The smallest absolute Gasteiger partial charge is 0.164 e. The van der Waals surface area contributed by atoms with Crippen molar-refractivity contribution in [2.75, 3.05) is 0 Å². The van der Waals surface area contributed by atoms with Gasteiger partial charge in [-0.15, -0.1) is 0 Å². The first-order valence-electron chi connectivity index (χ1n) is 7.81. The lowest BCUT2D eigenvalue weighted by atomic mass is 9.59. The molecule has 4 nitrogen and oxygen atoms in total. The molecule has 1 aromatic carbocycles. The van der Waals surface area contributed by atoms with Crippen LogP contribution in [0.5, 0.6) is 11.5 Å². The van der Waals surface area contributed by atoms with E-state index in [0.717, 1.165) is 36.8 Å². The Balaban J connectivity index is 1.75. The van der Waals surface area contributed by atoms with Gasteiger partial charge in [0.15, 0.2) is 17.3 Å². The SMILES string of the molecule is O=C1CCC2C3CCc4cc(O)c(O)cc4C3CC[C@]12O. The molecule has 0 radical (unpaired) electrons. The fourth-order valence-corrected chi connectivity index (χ4v) is 5.02. The highest BCUT2D eigenvalue weighted by Gasteiger charge is 2.56. The standard InChI is InChI=1S/C17H20O4/c18-14-7-9-1-2-11-10(12(9)8-15(14)19)5-6-17(21)13(11)3-4-16(17)20/h7-8,10-11,13,18-19,21H,1-6H2/t10?,11?,13?,17-/m1/s1. The second kappa shape index (κ2) is 4.23. The molecule has 3 aliphatic rings. The average Bonchev–Trinajstić information content (AvgIpc) is 2.76. The lowest BCUT2D eigenvalue weighted by molar-refractivity contribution is -0.143. The molecular weight excluding hydrogens is 268 g/mol. The first kappa shape index (κ1) is 13.1. The Morgan fingerprint density at radius 3 is 2.62 bits per heavy atom. The Morgan fingerprint density at radius 2 is 1.81 bits per heavy atom. The summed E-state index contributed by atoms with van der Waals surface area (Å²) in [6.07, 6.45) is 4.38. The van der Waals surface area contributed by atoms with Crippen molar-refractivity contribution in [3.63, 3.8) is 0 Å². The molecule has 3 N–H and O–H groups in total. The summed E-state index contributed by atoms with van der Waals surface area (Å²) in [7, 11) is 0. The molecule has 112 valence electrons. The van der Waals surface area contributed by atoms with Gasteiger partial charge in [0, 0.05) is 6.42 Å². The number of aryl methyl sites for hydroxylation is 1. The monoisotopic (exact) mass is 288 g/mol. The summed E-state index contributed by atoms with van der Waals surface area (Å²) in [5, 5.41) is 30.2. The van der Waals surface area contributed by atoms with Gasteiger partial charge in [-0.05, 0) is 73.1 Å². The van der Waals surface area contributed by atoms with Crippen LogP contribution in [0.3, 0.4) is 0 Å². The van der Waals surface area contributed by atoms with Crippen LogP contribution in [-0.2, 0) is 11.2 Å². The molecule has 4 heteroatoms. The molecule has 1 aromatic rings. The van der Waals surface area contributed by atoms with E-state index >= 15 is 0 Å². The molecule has 4 rings (SSSR count). The molecule has 0 amide bonds. The van der Waals surface area contributed by atoms with Gasteiger partial charge in [-0.25, -0.2) is 0 Å². The lowest BCUT2D eigenvalue weighted by Crippen LogP contribution is -2.49. The third kappa shape index (κ3) is 1.68. The molecule has 21 heavy (non-hydrogen) atoms. The van der Waals surface area contributed by atoms with Crippen LogP contribution in [0.15, 0.2) is 12.1 Å². The molecule has 4 atom stereocenters. The van der Waals surface area contributed by atoms with Crippen molar-refractivity contribution in [2.24, 2.45) is 11.8 Å². The molecule has 3 unspecified atom stereocenters. The molecule has 0 saturated heterocycles. The maximum absolute atomic E-state index is 12.0. The topological polar surface area (TPSA) is 77.8 Å². The third-order valence-corrected chi connectivity index (χ3v) is 6.03. The third-order valence-electron chi connectivity index (χ3n) is 6.03. The van der Waals surface area contributed by atoms with E-state index in [1.54, 1.807) is 12.1 Å². The number of aromatic hydroxyl groups is 2. The second-order valence-electron chi connectivity index (χ2n) is 6.88. The normalized spacial score (nSPS) is 37.8. The second-order valence-corrected chi connectivity index (χ2v) is 6.88. The van der Waals surface area contributed by atoms with E-state index in [1.165, 1.54) is 0 Å². The lowest BCUT2D eigenvalue weighted by Gasteiger charge is -2.47. The van der Waals surface area contributed by atoms with Crippen molar-refractivity contribution in [1.82, 2.24) is 0 Å². The molecule has 0 spiro atoms. The summed E-state index contributed by atoms with van der Waals surface area (Å²) in [6, 6.07) is 3.35. The zero-order valence-corrected chi connectivity index (χ0v) is 11.9. The van der Waals surface area contributed by atoms with Crippen LogP contribution < -0.4 is 0 Å². The number of hydrogen-bond acceptors (Lipinski definition) is 4. The number of phenolic OH excluding ortho intramolecular Hbond substituents is 2. The van der Waals surface area contributed by atoms with Crippen LogP contribution in [0, 0.1) is 11.8 Å². The summed E-state index contributed by atoms with van der Waals surface area (Å²) in [4.78, 5) is 12.0. The maximum Gasteiger partial charge on any atom is 0.164 e. The predicted octanol–water partition coefficient (Wildman–Crippen LogP) is 2.25. The van der Waals surface area contributed by atoms with E-state index < -0.39 is 5.60 Å². The molecule has 0 aromatic heterocycles. The molecule has 0 bridgehead atoms. The summed E-state index contributed by atoms with van der Waals surface area (Å²) in [5.74, 6) is 0.550. The number of carbonyl (C=O) groups excluding carboxylic acids is 1. The minimum absolute atomic E-state index is 0.0188. The number of ketones is 1. The van der Waals surface area contributed by atoms with E-state index in [-0.39, 0.29) is 29.1 Å². The highest BCUT2D eigenvalue weighted by atomic mass is 16.3. The largest absolute Gasteiger partial charge is 0.504 e. The predicted molar refractivity (Wildman–Crippen MR) is 76.2 cm³/mol. The number of aliphatic hydroxyl groups is 1. The highest BCUT2D eigenvalue weighted by molar-refractivity contribution is 5.89. The zero-order valence-electron chi connectivity index (χ0n) is 11.9. The summed E-state index contributed by atoms with van der Waals surface area (Å²) < 4.78 is 0. The van der Waals surface area contributed by atoms with Gasteiger partial charge in [0.2, 0.25) is 0 Å². The van der Waals surface area contributed by atoms with E-state index in [1.807, 2.05) is 0 Å². The molecule has 3 aliphatic carbocycles. The Morgan fingerprint density at radius 1 is 1.05 bits per heavy atom. The number of fused-ring (bicyclic) bond motifs is 5. The van der Waals surface area contributed by atoms with Crippen LogP contribution in [0.2, 0.25) is 0 Å². The molecule has 0 heterocycles. The highest BCUT2D eigenvalue weighted by Crippen LogP contribution is 2.56. The van der Waals surface area contributed by atoms with Gasteiger partial charge in [0.05, 0.1) is 0 Å². The number of phenols is 2. The van der Waals surface area contributed by atoms with E-state index in [0.29, 0.717) is 18.8 Å². The van der Waals surface area contributed by atoms with Crippen molar-refractivity contribution >= 4 is 5.78 Å². The van der Waals surface area contributed by atoms with E-state index in [2.05, 4.69) is 0 Å². The molecular formula is C17H20O4. The Labute approximate surface area is 123 Å². The number of carbonyl (C=O) groups is 1. The number of benzene rings is 1. The van der Waals surface area contributed by atoms with Crippen molar-refractivity contribution in [3.8, 4) is 11.5 Å².